The van der Waals surface area contributed by atoms with Crippen LogP contribution >= 0.6 is 0 Å². The molecule has 35 heavy (non-hydrogen) atoms. The molecular weight excluding hydrogens is 477 g/mol. The molecular formula is C24H24F5NO5. The summed E-state index contributed by atoms with van der Waals surface area (Å²) < 4.78 is 64.9. The molecule has 0 unspecified atom stereocenters. The van der Waals surface area contributed by atoms with Gasteiger partial charge in [0, 0.05) is 19.6 Å². The van der Waals surface area contributed by atoms with Gasteiger partial charge in [0.15, 0.2) is 0 Å². The van der Waals surface area contributed by atoms with Gasteiger partial charge in [0.1, 0.15) is 23.5 Å². The number of carboxylic acid groups (broad SMARTS) is 2. The smallest absolute Gasteiger partial charge is 0.490 e. The largest absolute Gasteiger partial charge is 0.490 e. The van der Waals surface area contributed by atoms with Gasteiger partial charge in [-0.3, -0.25) is 4.90 Å². The van der Waals surface area contributed by atoms with E-state index < -0.39 is 23.9 Å². The van der Waals surface area contributed by atoms with E-state index in [1.807, 2.05) is 0 Å². The van der Waals surface area contributed by atoms with Crippen molar-refractivity contribution in [1.82, 2.24) is 4.90 Å². The number of aromatic carboxylic acids is 1. The lowest BCUT2D eigenvalue weighted by molar-refractivity contribution is -0.192. The van der Waals surface area contributed by atoms with Crippen molar-refractivity contribution in [3.63, 3.8) is 0 Å². The highest BCUT2D eigenvalue weighted by Gasteiger charge is 2.38. The predicted octanol–water partition coefficient (Wildman–Crippen LogP) is 5.22. The molecule has 4 rings (SSSR count). The number of carboxylic acids is 2. The summed E-state index contributed by atoms with van der Waals surface area (Å²) in [5.41, 5.74) is 1.63. The Labute approximate surface area is 197 Å². The van der Waals surface area contributed by atoms with Crippen LogP contribution in [0.15, 0.2) is 36.4 Å². The topological polar surface area (TPSA) is 87.1 Å². The minimum absolute atomic E-state index is 0.0794. The van der Waals surface area contributed by atoms with E-state index in [-0.39, 0.29) is 17.5 Å². The lowest BCUT2D eigenvalue weighted by atomic mass is 9.98. The summed E-state index contributed by atoms with van der Waals surface area (Å²) >= 11 is 0. The molecule has 0 atom stereocenters. The van der Waals surface area contributed by atoms with Crippen molar-refractivity contribution in [2.24, 2.45) is 0 Å². The van der Waals surface area contributed by atoms with Gasteiger partial charge in [-0.25, -0.2) is 18.4 Å². The zero-order valence-corrected chi connectivity index (χ0v) is 18.5. The summed E-state index contributed by atoms with van der Waals surface area (Å²) in [6.45, 7) is 2.25. The zero-order chi connectivity index (χ0) is 25.8. The number of halogens is 5. The molecule has 2 aliphatic rings. The van der Waals surface area contributed by atoms with Gasteiger partial charge in [-0.15, -0.1) is 0 Å². The fourth-order valence-electron chi connectivity index (χ4n) is 3.84. The summed E-state index contributed by atoms with van der Waals surface area (Å²) in [5, 5.41) is 16.3. The quantitative estimate of drug-likeness (QED) is 0.528. The number of benzene rings is 2. The van der Waals surface area contributed by atoms with Crippen LogP contribution in [0.25, 0.3) is 0 Å². The molecule has 190 valence electrons. The van der Waals surface area contributed by atoms with Crippen LogP contribution in [0.2, 0.25) is 0 Å². The molecule has 1 aliphatic heterocycles. The lowest BCUT2D eigenvalue weighted by Crippen LogP contribution is -2.38. The van der Waals surface area contributed by atoms with Crippen molar-refractivity contribution < 1.29 is 46.5 Å². The highest BCUT2D eigenvalue weighted by Crippen LogP contribution is 2.43. The maximum absolute atomic E-state index is 14.2. The van der Waals surface area contributed by atoms with Gasteiger partial charge in [0.25, 0.3) is 0 Å². The second-order valence-electron chi connectivity index (χ2n) is 8.46. The first-order valence-electron chi connectivity index (χ1n) is 10.9. The van der Waals surface area contributed by atoms with Crippen LogP contribution in [0.3, 0.4) is 0 Å². The van der Waals surface area contributed by atoms with Crippen molar-refractivity contribution in [1.29, 1.82) is 0 Å². The fourth-order valence-corrected chi connectivity index (χ4v) is 3.84. The molecule has 2 aromatic carbocycles. The van der Waals surface area contributed by atoms with Gasteiger partial charge >= 0.3 is 18.1 Å². The Morgan fingerprint density at radius 2 is 1.54 bits per heavy atom. The Bertz CT molecular complexity index is 1050. The number of piperidine rings is 1. The molecule has 11 heteroatoms. The average molecular weight is 501 g/mol. The van der Waals surface area contributed by atoms with Crippen LogP contribution in [0.4, 0.5) is 22.0 Å². The third kappa shape index (κ3) is 7.64. The summed E-state index contributed by atoms with van der Waals surface area (Å²) in [7, 11) is 0. The first-order chi connectivity index (χ1) is 16.4. The number of rotatable bonds is 6. The molecule has 0 aromatic heterocycles. The van der Waals surface area contributed by atoms with E-state index >= 15 is 0 Å². The predicted molar refractivity (Wildman–Crippen MR) is 114 cm³/mol. The number of nitrogens with zero attached hydrogens (tertiary/aromatic N) is 1. The standard InChI is InChI=1S/C22H23F2NO3.C2HF3O2/c23-16-3-5-17(6-4-16)28-18-7-9-25(10-8-18)13-15-11-21(24)20(22(26)27)12-19(15)14-1-2-14;3-2(4,5)1(6)7/h3-6,11-12,14,18H,1-2,7-10,13H2,(H,26,27);(H,6,7). The van der Waals surface area contributed by atoms with Crippen molar-refractivity contribution in [2.75, 3.05) is 13.1 Å². The molecule has 0 radical (unpaired) electrons. The number of likely N-dealkylation sites (tertiary alicyclic amines) is 1. The van der Waals surface area contributed by atoms with Gasteiger partial charge in [-0.05, 0) is 79.1 Å². The van der Waals surface area contributed by atoms with Crippen molar-refractivity contribution in [3.8, 4) is 5.75 Å². The molecule has 0 amide bonds. The number of carbonyl (C=O) groups is 2. The highest BCUT2D eigenvalue weighted by atomic mass is 19.4. The minimum atomic E-state index is -5.08. The molecule has 1 aliphatic carbocycles. The maximum atomic E-state index is 14.2. The van der Waals surface area contributed by atoms with Crippen molar-refractivity contribution >= 4 is 11.9 Å². The molecule has 2 aromatic rings. The number of alkyl halides is 3. The molecule has 2 fully saturated rings. The number of hydrogen-bond acceptors (Lipinski definition) is 4. The molecule has 0 spiro atoms. The Hall–Kier alpha value is -3.21. The van der Waals surface area contributed by atoms with E-state index in [1.54, 1.807) is 12.1 Å². The van der Waals surface area contributed by atoms with Crippen molar-refractivity contribution in [3.05, 3.63) is 64.7 Å². The van der Waals surface area contributed by atoms with E-state index in [0.717, 1.165) is 49.9 Å². The molecule has 6 nitrogen and oxygen atoms in total. The average Bonchev–Trinajstić information content (AvgIpc) is 3.62. The Morgan fingerprint density at radius 1 is 0.971 bits per heavy atom. The van der Waals surface area contributed by atoms with Gasteiger partial charge in [-0.1, -0.05) is 0 Å². The molecule has 2 N–H and O–H groups in total. The summed E-state index contributed by atoms with van der Waals surface area (Å²) in [6.07, 6.45) is -1.26. The third-order valence-corrected chi connectivity index (χ3v) is 5.76. The molecule has 0 bridgehead atoms. The third-order valence-electron chi connectivity index (χ3n) is 5.76. The molecule has 1 saturated heterocycles. The molecule has 1 heterocycles. The Morgan fingerprint density at radius 3 is 2.03 bits per heavy atom. The Balaban J connectivity index is 0.000000429. The van der Waals surface area contributed by atoms with Crippen LogP contribution in [-0.2, 0) is 11.3 Å². The van der Waals surface area contributed by atoms with E-state index in [4.69, 9.17) is 14.6 Å². The van der Waals surface area contributed by atoms with E-state index in [9.17, 15) is 31.9 Å². The van der Waals surface area contributed by atoms with Crippen molar-refractivity contribution in [2.45, 2.75) is 50.4 Å². The summed E-state index contributed by atoms with van der Waals surface area (Å²) in [6, 6.07) is 8.97. The summed E-state index contributed by atoms with van der Waals surface area (Å²) in [5.74, 6) is -3.90. The lowest BCUT2D eigenvalue weighted by Gasteiger charge is -2.32. The molecule has 1 saturated carbocycles. The van der Waals surface area contributed by atoms with Gasteiger partial charge in [0.05, 0.1) is 5.56 Å². The van der Waals surface area contributed by atoms with Crippen LogP contribution in [0.5, 0.6) is 5.75 Å². The zero-order valence-electron chi connectivity index (χ0n) is 18.5. The SMILES string of the molecule is O=C(O)C(F)(F)F.O=C(O)c1cc(C2CC2)c(CN2CCC(Oc3ccc(F)cc3)CC2)cc1F. The first kappa shape index (κ1) is 26.4. The van der Waals surface area contributed by atoms with Crippen LogP contribution in [0, 0.1) is 11.6 Å². The van der Waals surface area contributed by atoms with Gasteiger partial charge < -0.3 is 14.9 Å². The van der Waals surface area contributed by atoms with Gasteiger partial charge in [0.2, 0.25) is 0 Å². The van der Waals surface area contributed by atoms with E-state index in [1.165, 1.54) is 24.3 Å². The second-order valence-corrected chi connectivity index (χ2v) is 8.46. The van der Waals surface area contributed by atoms with E-state index in [2.05, 4.69) is 4.90 Å². The summed E-state index contributed by atoms with van der Waals surface area (Å²) in [4.78, 5) is 22.4. The Kier molecular flexibility index (Phi) is 8.31. The van der Waals surface area contributed by atoms with Crippen LogP contribution in [0.1, 0.15) is 53.1 Å². The maximum Gasteiger partial charge on any atom is 0.490 e. The first-order valence-corrected chi connectivity index (χ1v) is 10.9. The monoisotopic (exact) mass is 501 g/mol. The van der Waals surface area contributed by atoms with Crippen LogP contribution < -0.4 is 4.74 Å². The number of hydrogen-bond donors (Lipinski definition) is 2. The normalized spacial score (nSPS) is 16.8. The fraction of sp³-hybridized carbons (Fsp3) is 0.417. The second kappa shape index (κ2) is 11.0. The van der Waals surface area contributed by atoms with E-state index in [0.29, 0.717) is 18.2 Å². The van der Waals surface area contributed by atoms with Crippen LogP contribution in [-0.4, -0.2) is 52.4 Å². The highest BCUT2D eigenvalue weighted by molar-refractivity contribution is 5.88. The minimum Gasteiger partial charge on any atom is -0.490 e. The number of ether oxygens (including phenoxy) is 1. The number of aliphatic carboxylic acids is 1. The van der Waals surface area contributed by atoms with Gasteiger partial charge in [-0.2, -0.15) is 13.2 Å².